The highest BCUT2D eigenvalue weighted by Gasteiger charge is 2.20. The van der Waals surface area contributed by atoms with E-state index in [9.17, 15) is 4.79 Å². The van der Waals surface area contributed by atoms with E-state index in [-0.39, 0.29) is 5.91 Å². The molecule has 0 unspecified atom stereocenters. The van der Waals surface area contributed by atoms with Gasteiger partial charge >= 0.3 is 0 Å². The van der Waals surface area contributed by atoms with E-state index in [0.29, 0.717) is 6.54 Å². The Balaban J connectivity index is 1.96. The predicted octanol–water partition coefficient (Wildman–Crippen LogP) is 3.61. The number of hydrogen-bond donors (Lipinski definition) is 1. The highest BCUT2D eigenvalue weighted by atomic mass is 16.1. The largest absolute Gasteiger partial charge is 0.350 e. The first-order chi connectivity index (χ1) is 10.8. The van der Waals surface area contributed by atoms with Crippen molar-refractivity contribution in [1.29, 1.82) is 0 Å². The van der Waals surface area contributed by atoms with E-state index in [1.807, 2.05) is 12.1 Å². The second-order valence-electron chi connectivity index (χ2n) is 5.73. The van der Waals surface area contributed by atoms with E-state index in [1.165, 1.54) is 16.8 Å². The van der Waals surface area contributed by atoms with Crippen LogP contribution in [-0.2, 0) is 13.0 Å². The van der Waals surface area contributed by atoms with E-state index in [0.717, 1.165) is 29.4 Å². The van der Waals surface area contributed by atoms with Crippen molar-refractivity contribution in [2.45, 2.75) is 19.9 Å². The molecule has 110 valence electrons. The molecule has 0 saturated carbocycles. The molecule has 0 radical (unpaired) electrons. The molecule has 1 aromatic heterocycles. The average Bonchev–Trinajstić information content (AvgIpc) is 2.84. The summed E-state index contributed by atoms with van der Waals surface area (Å²) in [7, 11) is 0. The molecular formula is C19H18N2O. The molecule has 1 aliphatic heterocycles. The van der Waals surface area contributed by atoms with Crippen molar-refractivity contribution in [2.24, 2.45) is 0 Å². The topological polar surface area (TPSA) is 34.0 Å². The molecule has 22 heavy (non-hydrogen) atoms. The third kappa shape index (κ3) is 1.93. The second-order valence-corrected chi connectivity index (χ2v) is 5.73. The van der Waals surface area contributed by atoms with Crippen LogP contribution in [0.5, 0.6) is 0 Å². The van der Waals surface area contributed by atoms with E-state index in [1.54, 1.807) is 0 Å². The third-order valence-corrected chi connectivity index (χ3v) is 4.44. The number of amides is 1. The monoisotopic (exact) mass is 290 g/mol. The van der Waals surface area contributed by atoms with Crippen LogP contribution in [0.3, 0.4) is 0 Å². The van der Waals surface area contributed by atoms with Crippen molar-refractivity contribution < 1.29 is 4.79 Å². The lowest BCUT2D eigenvalue weighted by Gasteiger charge is -2.09. The van der Waals surface area contributed by atoms with Gasteiger partial charge in [-0.25, -0.2) is 0 Å². The van der Waals surface area contributed by atoms with Gasteiger partial charge in [-0.1, -0.05) is 43.3 Å². The summed E-state index contributed by atoms with van der Waals surface area (Å²) < 4.78 is 2.27. The smallest absolute Gasteiger partial charge is 0.253 e. The summed E-state index contributed by atoms with van der Waals surface area (Å²) in [5.74, 6) is 0.0235. The molecule has 0 atom stereocenters. The number of aryl methyl sites for hydroxylation is 1. The maximum Gasteiger partial charge on any atom is 0.253 e. The van der Waals surface area contributed by atoms with E-state index in [4.69, 9.17) is 0 Å². The van der Waals surface area contributed by atoms with Crippen molar-refractivity contribution >= 4 is 16.8 Å². The minimum absolute atomic E-state index is 0.0235. The Labute approximate surface area is 129 Å². The van der Waals surface area contributed by atoms with Gasteiger partial charge in [0.1, 0.15) is 0 Å². The zero-order valence-electron chi connectivity index (χ0n) is 12.6. The number of nitrogens with zero attached hydrogens (tertiary/aromatic N) is 1. The second kappa shape index (κ2) is 5.02. The summed E-state index contributed by atoms with van der Waals surface area (Å²) in [5.41, 5.74) is 5.54. The summed E-state index contributed by atoms with van der Waals surface area (Å²) in [4.78, 5) is 12.2. The van der Waals surface area contributed by atoms with Gasteiger partial charge in [-0.15, -0.1) is 0 Å². The van der Waals surface area contributed by atoms with Crippen LogP contribution in [0.15, 0.2) is 48.5 Å². The number of carbonyl (C=O) groups is 1. The van der Waals surface area contributed by atoms with E-state index in [2.05, 4.69) is 53.2 Å². The van der Waals surface area contributed by atoms with E-state index >= 15 is 0 Å². The molecule has 0 spiro atoms. The number of rotatable bonds is 2. The van der Waals surface area contributed by atoms with Gasteiger partial charge in [-0.2, -0.15) is 0 Å². The van der Waals surface area contributed by atoms with Gasteiger partial charge in [0.25, 0.3) is 5.91 Å². The Morgan fingerprint density at radius 3 is 2.73 bits per heavy atom. The lowest BCUT2D eigenvalue weighted by molar-refractivity contribution is 0.0956. The van der Waals surface area contributed by atoms with Gasteiger partial charge in [0, 0.05) is 24.2 Å². The fourth-order valence-corrected chi connectivity index (χ4v) is 3.27. The molecule has 2 heterocycles. The van der Waals surface area contributed by atoms with Gasteiger partial charge in [0.15, 0.2) is 0 Å². The first-order valence-corrected chi connectivity index (χ1v) is 7.77. The molecule has 0 aliphatic carbocycles. The minimum Gasteiger partial charge on any atom is -0.350 e. The molecule has 1 N–H and O–H groups in total. The molecule has 0 saturated heterocycles. The van der Waals surface area contributed by atoms with Gasteiger partial charge in [0.2, 0.25) is 0 Å². The number of carbonyl (C=O) groups excluding carboxylic acids is 1. The molecule has 2 aromatic carbocycles. The molecule has 0 bridgehead atoms. The molecule has 1 aliphatic rings. The maximum atomic E-state index is 12.2. The Kier molecular flexibility index (Phi) is 3.00. The minimum atomic E-state index is 0.0235. The van der Waals surface area contributed by atoms with Crippen LogP contribution < -0.4 is 5.32 Å². The standard InChI is InChI=1S/C19H18N2O/c1-2-13-6-8-14(9-7-13)17-12-15-4-3-5-16-18(15)21(17)11-10-20-19(16)22/h3-9,12H,2,10-11H2,1H3,(H,20,22). The van der Waals surface area contributed by atoms with Crippen molar-refractivity contribution in [3.8, 4) is 11.3 Å². The van der Waals surface area contributed by atoms with Crippen LogP contribution in [0.4, 0.5) is 0 Å². The average molecular weight is 290 g/mol. The molecular weight excluding hydrogens is 272 g/mol. The van der Waals surface area contributed by atoms with Crippen molar-refractivity contribution in [2.75, 3.05) is 6.54 Å². The van der Waals surface area contributed by atoms with Crippen molar-refractivity contribution in [1.82, 2.24) is 9.88 Å². The number of aromatic nitrogens is 1. The zero-order valence-corrected chi connectivity index (χ0v) is 12.6. The molecule has 3 heteroatoms. The third-order valence-electron chi connectivity index (χ3n) is 4.44. The van der Waals surface area contributed by atoms with Gasteiger partial charge in [-0.05, 0) is 29.7 Å². The number of para-hydroxylation sites is 1. The first-order valence-electron chi connectivity index (χ1n) is 7.77. The summed E-state index contributed by atoms with van der Waals surface area (Å²) in [6.45, 7) is 3.63. The van der Waals surface area contributed by atoms with Crippen LogP contribution in [0.2, 0.25) is 0 Å². The van der Waals surface area contributed by atoms with Crippen LogP contribution in [0.1, 0.15) is 22.8 Å². The quantitative estimate of drug-likeness (QED) is 0.768. The fourth-order valence-electron chi connectivity index (χ4n) is 3.27. The van der Waals surface area contributed by atoms with Crippen molar-refractivity contribution in [3.63, 3.8) is 0 Å². The molecule has 0 fully saturated rings. The van der Waals surface area contributed by atoms with Crippen LogP contribution >= 0.6 is 0 Å². The first kappa shape index (κ1) is 13.1. The van der Waals surface area contributed by atoms with Gasteiger partial charge in [0.05, 0.1) is 11.1 Å². The zero-order chi connectivity index (χ0) is 15.1. The fraction of sp³-hybridized carbons (Fsp3) is 0.211. The van der Waals surface area contributed by atoms with Crippen LogP contribution in [-0.4, -0.2) is 17.0 Å². The summed E-state index contributed by atoms with van der Waals surface area (Å²) in [6.07, 6.45) is 1.05. The van der Waals surface area contributed by atoms with Crippen molar-refractivity contribution in [3.05, 3.63) is 59.7 Å². The Hall–Kier alpha value is -2.55. The van der Waals surface area contributed by atoms with Crippen LogP contribution in [0.25, 0.3) is 22.2 Å². The number of hydrogen-bond acceptors (Lipinski definition) is 1. The van der Waals surface area contributed by atoms with E-state index < -0.39 is 0 Å². The Bertz CT molecular complexity index is 859. The highest BCUT2D eigenvalue weighted by molar-refractivity contribution is 6.07. The Morgan fingerprint density at radius 1 is 1.14 bits per heavy atom. The summed E-state index contributed by atoms with van der Waals surface area (Å²) in [5, 5.41) is 4.10. The molecule has 1 amide bonds. The van der Waals surface area contributed by atoms with Gasteiger partial charge < -0.3 is 9.88 Å². The number of benzene rings is 2. The summed E-state index contributed by atoms with van der Waals surface area (Å²) >= 11 is 0. The lowest BCUT2D eigenvalue weighted by atomic mass is 10.1. The predicted molar refractivity (Wildman–Crippen MR) is 89.1 cm³/mol. The number of nitrogens with one attached hydrogen (secondary N) is 1. The van der Waals surface area contributed by atoms with Gasteiger partial charge in [-0.3, -0.25) is 4.79 Å². The SMILES string of the molecule is CCc1ccc(-c2cc3cccc4c3n2CCNC4=O)cc1. The highest BCUT2D eigenvalue weighted by Crippen LogP contribution is 2.31. The molecule has 4 rings (SSSR count). The normalized spacial score (nSPS) is 14.0. The summed E-state index contributed by atoms with van der Waals surface area (Å²) in [6, 6.07) is 16.9. The van der Waals surface area contributed by atoms with Crippen LogP contribution in [0, 0.1) is 0 Å². The maximum absolute atomic E-state index is 12.2. The molecule has 3 nitrogen and oxygen atoms in total. The lowest BCUT2D eigenvalue weighted by Crippen LogP contribution is -2.24. The Morgan fingerprint density at radius 2 is 1.95 bits per heavy atom. The molecule has 3 aromatic rings.